The minimum Gasteiger partial charge on any atom is -0.442 e. The summed E-state index contributed by atoms with van der Waals surface area (Å²) in [6.07, 6.45) is 1.42. The summed E-state index contributed by atoms with van der Waals surface area (Å²) >= 11 is 0. The number of nitrogens with two attached hydrogens (primary N) is 1. The van der Waals surface area contributed by atoms with E-state index in [1.165, 1.54) is 30.0 Å². The lowest BCUT2D eigenvalue weighted by molar-refractivity contribution is -0.119. The van der Waals surface area contributed by atoms with E-state index in [1.54, 1.807) is 36.5 Å². The quantitative estimate of drug-likeness (QED) is 0.544. The van der Waals surface area contributed by atoms with Crippen molar-refractivity contribution >= 4 is 23.4 Å². The van der Waals surface area contributed by atoms with Crippen molar-refractivity contribution in [3.8, 4) is 11.1 Å². The predicted molar refractivity (Wildman–Crippen MR) is 126 cm³/mol. The molecule has 9 heteroatoms. The van der Waals surface area contributed by atoms with Crippen molar-refractivity contribution in [2.24, 2.45) is 0 Å². The maximum Gasteiger partial charge on any atom is 0.414 e. The Bertz CT molecular complexity index is 1160. The fourth-order valence-electron chi connectivity index (χ4n) is 3.35. The number of ether oxygens (including phenoxy) is 1. The van der Waals surface area contributed by atoms with Crippen LogP contribution in [0.25, 0.3) is 11.1 Å². The van der Waals surface area contributed by atoms with Gasteiger partial charge in [-0.3, -0.25) is 14.7 Å². The van der Waals surface area contributed by atoms with Crippen molar-refractivity contribution in [1.29, 1.82) is 0 Å². The van der Waals surface area contributed by atoms with Crippen molar-refractivity contribution in [2.75, 3.05) is 23.7 Å². The van der Waals surface area contributed by atoms with Gasteiger partial charge in [-0.1, -0.05) is 13.0 Å². The lowest BCUT2D eigenvalue weighted by Gasteiger charge is -2.14. The number of benzene rings is 2. The van der Waals surface area contributed by atoms with Gasteiger partial charge in [0.1, 0.15) is 17.7 Å². The van der Waals surface area contributed by atoms with Gasteiger partial charge in [0.25, 0.3) is 0 Å². The monoisotopic (exact) mass is 468 g/mol. The van der Waals surface area contributed by atoms with E-state index in [0.29, 0.717) is 16.9 Å². The SMILES string of the molecule is CCc1cc(-c2ccc(N3CC(CNC(C)=O)OC3=O)cc2F)ccn1.Nc1cccc(F)c1. The number of hydrogen-bond acceptors (Lipinski definition) is 5. The molecule has 4 rings (SSSR count). The standard InChI is InChI=1S/C19H20FN3O3.C6H6FN/c1-3-14-8-13(6-7-21-14)17-5-4-15(9-18(17)20)23-11-16(26-19(23)25)10-22-12(2)24;7-5-2-1-3-6(8)4-5/h4-9,16H,3,10-11H2,1-2H3,(H,22,24);1-4H,8H2. The van der Waals surface area contributed by atoms with E-state index in [2.05, 4.69) is 10.3 Å². The first-order valence-electron chi connectivity index (χ1n) is 10.7. The van der Waals surface area contributed by atoms with E-state index in [9.17, 15) is 18.4 Å². The zero-order valence-corrected chi connectivity index (χ0v) is 18.9. The molecule has 1 aliphatic heterocycles. The molecule has 1 fully saturated rings. The second-order valence-electron chi connectivity index (χ2n) is 7.66. The van der Waals surface area contributed by atoms with E-state index in [1.807, 2.05) is 13.0 Å². The molecule has 2 heterocycles. The van der Waals surface area contributed by atoms with Crippen LogP contribution in [0.4, 0.5) is 25.0 Å². The number of anilines is 2. The molecule has 2 amide bonds. The Balaban J connectivity index is 0.000000343. The number of pyridine rings is 1. The van der Waals surface area contributed by atoms with Gasteiger partial charge in [0, 0.05) is 30.1 Å². The molecule has 3 N–H and O–H groups in total. The Kier molecular flexibility index (Phi) is 8.13. The summed E-state index contributed by atoms with van der Waals surface area (Å²) in [6, 6.07) is 14.1. The summed E-state index contributed by atoms with van der Waals surface area (Å²) in [5.41, 5.74) is 8.18. The highest BCUT2D eigenvalue weighted by molar-refractivity contribution is 5.90. The molecular weight excluding hydrogens is 442 g/mol. The van der Waals surface area contributed by atoms with E-state index >= 15 is 0 Å². The smallest absolute Gasteiger partial charge is 0.414 e. The van der Waals surface area contributed by atoms with Crippen LogP contribution in [0.1, 0.15) is 19.5 Å². The van der Waals surface area contributed by atoms with Crippen LogP contribution < -0.4 is 16.0 Å². The second-order valence-corrected chi connectivity index (χ2v) is 7.66. The van der Waals surface area contributed by atoms with E-state index in [-0.39, 0.29) is 24.8 Å². The number of carbonyl (C=O) groups excluding carboxylic acids is 2. The number of nitrogens with one attached hydrogen (secondary N) is 1. The summed E-state index contributed by atoms with van der Waals surface area (Å²) in [4.78, 5) is 28.6. The van der Waals surface area contributed by atoms with Gasteiger partial charge in [-0.05, 0) is 60.5 Å². The average Bonchev–Trinajstić information content (AvgIpc) is 3.18. The molecule has 2 aromatic carbocycles. The molecule has 1 unspecified atom stereocenters. The Morgan fingerprint density at radius 1 is 1.21 bits per heavy atom. The van der Waals surface area contributed by atoms with Crippen LogP contribution in [-0.2, 0) is 16.0 Å². The third-order valence-electron chi connectivity index (χ3n) is 5.06. The number of hydrogen-bond donors (Lipinski definition) is 2. The van der Waals surface area contributed by atoms with Gasteiger partial charge in [-0.2, -0.15) is 0 Å². The molecule has 0 bridgehead atoms. The van der Waals surface area contributed by atoms with Crippen LogP contribution in [0.3, 0.4) is 0 Å². The van der Waals surface area contributed by atoms with Crippen LogP contribution >= 0.6 is 0 Å². The van der Waals surface area contributed by atoms with Crippen LogP contribution in [0.5, 0.6) is 0 Å². The molecule has 1 aromatic heterocycles. The summed E-state index contributed by atoms with van der Waals surface area (Å²) in [5.74, 6) is -0.905. The fourth-order valence-corrected chi connectivity index (χ4v) is 3.35. The molecule has 1 saturated heterocycles. The van der Waals surface area contributed by atoms with Crippen molar-refractivity contribution in [3.05, 3.63) is 78.1 Å². The van der Waals surface area contributed by atoms with Gasteiger partial charge >= 0.3 is 6.09 Å². The fraction of sp³-hybridized carbons (Fsp3) is 0.240. The molecule has 1 aliphatic rings. The maximum atomic E-state index is 14.6. The van der Waals surface area contributed by atoms with E-state index in [0.717, 1.165) is 17.7 Å². The zero-order chi connectivity index (χ0) is 24.7. The minimum atomic E-state index is -0.551. The van der Waals surface area contributed by atoms with Gasteiger partial charge in [0.05, 0.1) is 18.8 Å². The highest BCUT2D eigenvalue weighted by atomic mass is 19.1. The molecule has 1 atom stereocenters. The average molecular weight is 469 g/mol. The number of amides is 2. The Hall–Kier alpha value is -4.01. The van der Waals surface area contributed by atoms with Crippen LogP contribution in [-0.4, -0.2) is 36.2 Å². The van der Waals surface area contributed by atoms with Crippen molar-refractivity contribution in [3.63, 3.8) is 0 Å². The molecular formula is C25H26F2N4O3. The molecule has 7 nitrogen and oxygen atoms in total. The van der Waals surface area contributed by atoms with Crippen LogP contribution in [0.2, 0.25) is 0 Å². The third-order valence-corrected chi connectivity index (χ3v) is 5.06. The number of cyclic esters (lactones) is 1. The number of aromatic nitrogens is 1. The molecule has 0 spiro atoms. The molecule has 34 heavy (non-hydrogen) atoms. The van der Waals surface area contributed by atoms with E-state index in [4.69, 9.17) is 10.5 Å². The van der Waals surface area contributed by atoms with Crippen molar-refractivity contribution in [1.82, 2.24) is 10.3 Å². The molecule has 3 aromatic rings. The van der Waals surface area contributed by atoms with Crippen LogP contribution in [0, 0.1) is 11.6 Å². The van der Waals surface area contributed by atoms with Gasteiger partial charge in [0.2, 0.25) is 5.91 Å². The van der Waals surface area contributed by atoms with Gasteiger partial charge < -0.3 is 15.8 Å². The molecule has 0 radical (unpaired) electrons. The normalized spacial score (nSPS) is 14.8. The number of nitrogens with zero attached hydrogens (tertiary/aromatic N) is 2. The lowest BCUT2D eigenvalue weighted by Crippen LogP contribution is -2.33. The summed E-state index contributed by atoms with van der Waals surface area (Å²) in [5, 5.41) is 2.61. The zero-order valence-electron chi connectivity index (χ0n) is 18.9. The Morgan fingerprint density at radius 2 is 2.00 bits per heavy atom. The Labute approximate surface area is 196 Å². The van der Waals surface area contributed by atoms with Crippen molar-refractivity contribution in [2.45, 2.75) is 26.4 Å². The first-order chi connectivity index (χ1) is 16.3. The number of rotatable bonds is 5. The summed E-state index contributed by atoms with van der Waals surface area (Å²) < 4.78 is 31.9. The Morgan fingerprint density at radius 3 is 2.62 bits per heavy atom. The lowest BCUT2D eigenvalue weighted by atomic mass is 10.0. The second kappa shape index (κ2) is 11.2. The summed E-state index contributed by atoms with van der Waals surface area (Å²) in [7, 11) is 0. The number of nitrogen functional groups attached to an aromatic ring is 1. The van der Waals surface area contributed by atoms with E-state index < -0.39 is 18.0 Å². The van der Waals surface area contributed by atoms with Crippen molar-refractivity contribution < 1.29 is 23.1 Å². The number of halogens is 2. The first kappa shape index (κ1) is 24.6. The molecule has 178 valence electrons. The van der Waals surface area contributed by atoms with Crippen LogP contribution in [0.15, 0.2) is 60.8 Å². The van der Waals surface area contributed by atoms with Gasteiger partial charge in [-0.15, -0.1) is 0 Å². The maximum absolute atomic E-state index is 14.6. The molecule has 0 saturated carbocycles. The first-order valence-corrected chi connectivity index (χ1v) is 10.7. The predicted octanol–water partition coefficient (Wildman–Crippen LogP) is 4.32. The number of aryl methyl sites for hydroxylation is 1. The molecule has 0 aliphatic carbocycles. The van der Waals surface area contributed by atoms with Gasteiger partial charge in [-0.25, -0.2) is 13.6 Å². The highest BCUT2D eigenvalue weighted by Crippen LogP contribution is 2.29. The summed E-state index contributed by atoms with van der Waals surface area (Å²) in [6.45, 7) is 3.87. The largest absolute Gasteiger partial charge is 0.442 e. The number of carbonyl (C=O) groups is 2. The third kappa shape index (κ3) is 6.50. The highest BCUT2D eigenvalue weighted by Gasteiger charge is 2.32. The minimum absolute atomic E-state index is 0.196. The topological polar surface area (TPSA) is 97.5 Å². The van der Waals surface area contributed by atoms with Gasteiger partial charge in [0.15, 0.2) is 0 Å².